The molecule has 0 spiro atoms. The third-order valence-corrected chi connectivity index (χ3v) is 2.85. The van der Waals surface area contributed by atoms with Crippen LogP contribution in [0, 0.1) is 6.92 Å². The minimum Gasteiger partial charge on any atom is -0.478 e. The predicted octanol–water partition coefficient (Wildman–Crippen LogP) is 4.09. The highest BCUT2D eigenvalue weighted by Crippen LogP contribution is 2.22. The smallest absolute Gasteiger partial charge is 0.335 e. The zero-order valence-corrected chi connectivity index (χ0v) is 10.5. The average Bonchev–Trinajstić information content (AvgIpc) is 2.34. The number of carboxylic acids is 1. The number of aromatic carboxylic acids is 1. The van der Waals surface area contributed by atoms with Crippen molar-refractivity contribution in [2.24, 2.45) is 0 Å². The van der Waals surface area contributed by atoms with E-state index in [2.05, 4.69) is 5.32 Å². The molecule has 0 aliphatic rings. The first-order chi connectivity index (χ1) is 8.56. The van der Waals surface area contributed by atoms with Gasteiger partial charge in [-0.1, -0.05) is 11.6 Å². The van der Waals surface area contributed by atoms with Crippen LogP contribution in [0.2, 0.25) is 5.02 Å². The van der Waals surface area contributed by atoms with Crippen LogP contribution < -0.4 is 5.32 Å². The Bertz CT molecular complexity index is 579. The number of anilines is 2. The van der Waals surface area contributed by atoms with Crippen molar-refractivity contribution < 1.29 is 9.90 Å². The molecule has 0 saturated carbocycles. The van der Waals surface area contributed by atoms with Crippen molar-refractivity contribution in [3.8, 4) is 0 Å². The molecule has 4 heteroatoms. The quantitative estimate of drug-likeness (QED) is 0.875. The third kappa shape index (κ3) is 2.81. The van der Waals surface area contributed by atoms with E-state index in [1.165, 1.54) is 0 Å². The topological polar surface area (TPSA) is 49.3 Å². The molecule has 0 aromatic heterocycles. The Morgan fingerprint density at radius 1 is 1.17 bits per heavy atom. The number of aryl methyl sites for hydroxylation is 1. The highest BCUT2D eigenvalue weighted by atomic mass is 35.5. The fraction of sp³-hybridized carbons (Fsp3) is 0.0714. The zero-order valence-electron chi connectivity index (χ0n) is 9.77. The number of hydrogen-bond acceptors (Lipinski definition) is 2. The van der Waals surface area contributed by atoms with Gasteiger partial charge in [0.25, 0.3) is 0 Å². The summed E-state index contributed by atoms with van der Waals surface area (Å²) in [6.07, 6.45) is 0. The zero-order chi connectivity index (χ0) is 13.1. The maximum Gasteiger partial charge on any atom is 0.335 e. The highest BCUT2D eigenvalue weighted by molar-refractivity contribution is 6.30. The molecule has 0 heterocycles. The van der Waals surface area contributed by atoms with E-state index in [0.29, 0.717) is 5.02 Å². The lowest BCUT2D eigenvalue weighted by Gasteiger charge is -2.10. The molecule has 0 aliphatic heterocycles. The predicted molar refractivity (Wildman–Crippen MR) is 72.9 cm³/mol. The molecular formula is C14H12ClNO2. The molecular weight excluding hydrogens is 250 g/mol. The first kappa shape index (κ1) is 12.5. The molecule has 0 amide bonds. The van der Waals surface area contributed by atoms with Gasteiger partial charge in [0.05, 0.1) is 5.56 Å². The third-order valence-electron chi connectivity index (χ3n) is 2.60. The summed E-state index contributed by atoms with van der Waals surface area (Å²) >= 11 is 5.81. The van der Waals surface area contributed by atoms with Crippen LogP contribution >= 0.6 is 11.6 Å². The summed E-state index contributed by atoms with van der Waals surface area (Å²) in [5.74, 6) is -0.920. The van der Waals surface area contributed by atoms with Crippen molar-refractivity contribution in [3.63, 3.8) is 0 Å². The Kier molecular flexibility index (Phi) is 3.53. The van der Waals surface area contributed by atoms with Crippen LogP contribution in [0.25, 0.3) is 0 Å². The molecule has 0 fully saturated rings. The van der Waals surface area contributed by atoms with Gasteiger partial charge in [0.15, 0.2) is 0 Å². The van der Waals surface area contributed by atoms with Crippen LogP contribution in [0.5, 0.6) is 0 Å². The van der Waals surface area contributed by atoms with Gasteiger partial charge in [-0.3, -0.25) is 0 Å². The van der Waals surface area contributed by atoms with E-state index in [-0.39, 0.29) is 5.56 Å². The normalized spacial score (nSPS) is 10.1. The van der Waals surface area contributed by atoms with Crippen molar-refractivity contribution in [3.05, 3.63) is 58.6 Å². The van der Waals surface area contributed by atoms with Gasteiger partial charge >= 0.3 is 5.97 Å². The summed E-state index contributed by atoms with van der Waals surface area (Å²) in [5, 5.41) is 12.8. The monoisotopic (exact) mass is 261 g/mol. The van der Waals surface area contributed by atoms with Crippen LogP contribution in [-0.4, -0.2) is 11.1 Å². The number of carbonyl (C=O) groups is 1. The van der Waals surface area contributed by atoms with Crippen LogP contribution in [0.1, 0.15) is 15.9 Å². The minimum absolute atomic E-state index is 0.286. The molecule has 3 nitrogen and oxygen atoms in total. The lowest BCUT2D eigenvalue weighted by Crippen LogP contribution is -1.99. The highest BCUT2D eigenvalue weighted by Gasteiger charge is 2.05. The molecule has 2 N–H and O–H groups in total. The van der Waals surface area contributed by atoms with E-state index >= 15 is 0 Å². The molecule has 2 aromatic carbocycles. The molecule has 92 valence electrons. The first-order valence-electron chi connectivity index (χ1n) is 5.43. The Labute approximate surface area is 110 Å². The SMILES string of the molecule is Cc1cc(C(=O)O)ccc1Nc1ccc(Cl)cc1. The summed E-state index contributed by atoms with van der Waals surface area (Å²) in [6, 6.07) is 12.3. The van der Waals surface area contributed by atoms with Gasteiger partial charge in [-0.2, -0.15) is 0 Å². The van der Waals surface area contributed by atoms with E-state index in [1.807, 2.05) is 19.1 Å². The van der Waals surface area contributed by atoms with Gasteiger partial charge in [0.2, 0.25) is 0 Å². The molecule has 2 aromatic rings. The summed E-state index contributed by atoms with van der Waals surface area (Å²) in [6.45, 7) is 1.87. The van der Waals surface area contributed by atoms with E-state index in [1.54, 1.807) is 30.3 Å². The van der Waals surface area contributed by atoms with Crippen molar-refractivity contribution >= 4 is 28.9 Å². The van der Waals surface area contributed by atoms with Gasteiger partial charge in [-0.05, 0) is 55.0 Å². The first-order valence-corrected chi connectivity index (χ1v) is 5.80. The molecule has 0 saturated heterocycles. The van der Waals surface area contributed by atoms with E-state index in [9.17, 15) is 4.79 Å². The maximum atomic E-state index is 10.8. The number of hydrogen-bond donors (Lipinski definition) is 2. The summed E-state index contributed by atoms with van der Waals surface area (Å²) in [5.41, 5.74) is 2.95. The fourth-order valence-electron chi connectivity index (χ4n) is 1.63. The summed E-state index contributed by atoms with van der Waals surface area (Å²) in [7, 11) is 0. The average molecular weight is 262 g/mol. The Hall–Kier alpha value is -2.00. The maximum absolute atomic E-state index is 10.8. The number of benzene rings is 2. The second-order valence-electron chi connectivity index (χ2n) is 3.97. The molecule has 0 bridgehead atoms. The Morgan fingerprint density at radius 3 is 2.39 bits per heavy atom. The van der Waals surface area contributed by atoms with Gasteiger partial charge in [-0.25, -0.2) is 4.79 Å². The van der Waals surface area contributed by atoms with Gasteiger partial charge in [0.1, 0.15) is 0 Å². The summed E-state index contributed by atoms with van der Waals surface area (Å²) in [4.78, 5) is 10.8. The van der Waals surface area contributed by atoms with Gasteiger partial charge in [-0.15, -0.1) is 0 Å². The van der Waals surface area contributed by atoms with E-state index in [0.717, 1.165) is 16.9 Å². The Morgan fingerprint density at radius 2 is 1.83 bits per heavy atom. The van der Waals surface area contributed by atoms with Crippen LogP contribution in [0.3, 0.4) is 0 Å². The molecule has 0 unspecified atom stereocenters. The van der Waals surface area contributed by atoms with Crippen molar-refractivity contribution in [1.29, 1.82) is 0 Å². The largest absolute Gasteiger partial charge is 0.478 e. The van der Waals surface area contributed by atoms with Crippen molar-refractivity contribution in [2.45, 2.75) is 6.92 Å². The lowest BCUT2D eigenvalue weighted by molar-refractivity contribution is 0.0697. The van der Waals surface area contributed by atoms with E-state index < -0.39 is 5.97 Å². The van der Waals surface area contributed by atoms with Crippen LogP contribution in [0.4, 0.5) is 11.4 Å². The molecule has 0 radical (unpaired) electrons. The second kappa shape index (κ2) is 5.10. The van der Waals surface area contributed by atoms with E-state index in [4.69, 9.17) is 16.7 Å². The summed E-state index contributed by atoms with van der Waals surface area (Å²) < 4.78 is 0. The number of nitrogens with one attached hydrogen (secondary N) is 1. The molecule has 0 aliphatic carbocycles. The molecule has 0 atom stereocenters. The number of halogens is 1. The van der Waals surface area contributed by atoms with Crippen molar-refractivity contribution in [1.82, 2.24) is 0 Å². The van der Waals surface area contributed by atoms with Gasteiger partial charge in [0, 0.05) is 16.4 Å². The fourth-order valence-corrected chi connectivity index (χ4v) is 1.75. The van der Waals surface area contributed by atoms with Crippen LogP contribution in [-0.2, 0) is 0 Å². The second-order valence-corrected chi connectivity index (χ2v) is 4.40. The number of rotatable bonds is 3. The van der Waals surface area contributed by atoms with Crippen molar-refractivity contribution in [2.75, 3.05) is 5.32 Å². The van der Waals surface area contributed by atoms with Crippen LogP contribution in [0.15, 0.2) is 42.5 Å². The molecule has 18 heavy (non-hydrogen) atoms. The Balaban J connectivity index is 2.24. The number of carboxylic acid groups (broad SMARTS) is 1. The minimum atomic E-state index is -0.920. The standard InChI is InChI=1S/C14H12ClNO2/c1-9-8-10(14(17)18)2-7-13(9)16-12-5-3-11(15)4-6-12/h2-8,16H,1H3,(H,17,18). The lowest BCUT2D eigenvalue weighted by atomic mass is 10.1. The van der Waals surface area contributed by atoms with Gasteiger partial charge < -0.3 is 10.4 Å². The molecule has 2 rings (SSSR count).